The van der Waals surface area contributed by atoms with Gasteiger partial charge in [-0.15, -0.1) is 0 Å². The van der Waals surface area contributed by atoms with Crippen LogP contribution >= 0.6 is 0 Å². The molecule has 280 valence electrons. The number of likely N-dealkylation sites (tertiary alicyclic amines) is 1. The van der Waals surface area contributed by atoms with Crippen LogP contribution in [0.25, 0.3) is 0 Å². The quantitative estimate of drug-likeness (QED) is 0.0744. The first-order chi connectivity index (χ1) is 26.3. The topological polar surface area (TPSA) is 76.2 Å². The number of ether oxygens (including phenoxy) is 2. The van der Waals surface area contributed by atoms with E-state index < -0.39 is 0 Å². The zero-order chi connectivity index (χ0) is 37.2. The number of esters is 1. The molecular weight excluding hydrogens is 673 g/mol. The van der Waals surface area contributed by atoms with Gasteiger partial charge in [0.05, 0.1) is 12.6 Å². The Hall–Kier alpha value is -4.75. The Kier molecular flexibility index (Phi) is 10.4. The van der Waals surface area contributed by atoms with Crippen LogP contribution in [0, 0.1) is 5.92 Å². The minimum Gasteiger partial charge on any atom is -0.483 e. The number of amides is 1. The summed E-state index contributed by atoms with van der Waals surface area (Å²) in [4.78, 5) is 44.4. The predicted molar refractivity (Wildman–Crippen MR) is 210 cm³/mol. The summed E-state index contributed by atoms with van der Waals surface area (Å²) in [7, 11) is 0. The summed E-state index contributed by atoms with van der Waals surface area (Å²) in [6.07, 6.45) is 7.47. The Morgan fingerprint density at radius 3 is 2.20 bits per heavy atom. The molecule has 1 amide bonds. The van der Waals surface area contributed by atoms with Crippen molar-refractivity contribution >= 4 is 17.7 Å². The number of aryl methyl sites for hydroxylation is 1. The van der Waals surface area contributed by atoms with Crippen LogP contribution in [-0.4, -0.2) is 65.3 Å². The zero-order valence-electron chi connectivity index (χ0n) is 31.6. The van der Waals surface area contributed by atoms with Gasteiger partial charge in [-0.1, -0.05) is 103 Å². The lowest BCUT2D eigenvalue weighted by molar-refractivity contribution is -0.144. The fourth-order valence-corrected chi connectivity index (χ4v) is 10.6. The molecule has 1 spiro atoms. The molecule has 0 N–H and O–H groups in total. The van der Waals surface area contributed by atoms with Crippen molar-refractivity contribution in [1.29, 1.82) is 0 Å². The third kappa shape index (κ3) is 6.87. The standard InChI is InChI=1S/C47H52N2O5/c1-32(50)30-48-28-27-47-39-24-25-40(46(47)54-45-42(53-33(2)51)26-23-37(44(45)47)29-41(39)48)49(43(52)22-14-4-9-17-34-15-7-3-8-16-34)31-38(35-18-10-5-11-19-35)36-20-12-6-13-21-36/h3,5-8,10-13,15-16,18-21,23,26,38-41,46H,4,9,14,17,22,24-25,27-31H2,1-2H3/t39-,40+,41+,46-,47-/m0/s1. The van der Waals surface area contributed by atoms with Crippen LogP contribution in [0.15, 0.2) is 103 Å². The first-order valence-electron chi connectivity index (χ1n) is 20.0. The minimum atomic E-state index is -0.377. The molecule has 0 aromatic heterocycles. The van der Waals surface area contributed by atoms with Crippen molar-refractivity contribution in [3.05, 3.63) is 131 Å². The van der Waals surface area contributed by atoms with Gasteiger partial charge in [0.25, 0.3) is 0 Å². The number of ketones is 1. The average Bonchev–Trinajstić information content (AvgIpc) is 3.53. The van der Waals surface area contributed by atoms with Gasteiger partial charge in [-0.2, -0.15) is 0 Å². The van der Waals surface area contributed by atoms with Crippen molar-refractivity contribution < 1.29 is 23.9 Å². The molecule has 8 rings (SSSR count). The Morgan fingerprint density at radius 2 is 1.54 bits per heavy atom. The number of Topliss-reactive ketones (excluding diaryl/α,β-unsaturated/α-hetero) is 1. The lowest BCUT2D eigenvalue weighted by atomic mass is 9.51. The molecule has 4 aromatic rings. The normalized spacial score (nSPS) is 23.7. The monoisotopic (exact) mass is 724 g/mol. The second kappa shape index (κ2) is 15.5. The molecule has 1 saturated heterocycles. The smallest absolute Gasteiger partial charge is 0.308 e. The number of rotatable bonds is 14. The zero-order valence-corrected chi connectivity index (χ0v) is 31.6. The summed E-state index contributed by atoms with van der Waals surface area (Å²) in [6, 6.07) is 35.7. The SMILES string of the molecule is CC(=O)CN1CC[C@]23c4c5ccc(OC(C)=O)c4O[C@H]2[C@H](N(CC(c2ccccc2)c2ccccc2)C(=O)CCCCCc2ccccc2)CC[C@H]3[C@H]1C5. The molecule has 4 aliphatic rings. The largest absolute Gasteiger partial charge is 0.483 e. The summed E-state index contributed by atoms with van der Waals surface area (Å²) >= 11 is 0. The lowest BCUT2D eigenvalue weighted by Crippen LogP contribution is -2.69. The van der Waals surface area contributed by atoms with Crippen molar-refractivity contribution in [2.75, 3.05) is 19.6 Å². The summed E-state index contributed by atoms with van der Waals surface area (Å²) in [6.45, 7) is 4.90. The van der Waals surface area contributed by atoms with Crippen LogP contribution in [0.3, 0.4) is 0 Å². The number of carbonyl (C=O) groups excluding carboxylic acids is 3. The number of hydrogen-bond acceptors (Lipinski definition) is 6. The highest BCUT2D eigenvalue weighted by Gasteiger charge is 2.66. The van der Waals surface area contributed by atoms with Crippen LogP contribution in [0.4, 0.5) is 0 Å². The predicted octanol–water partition coefficient (Wildman–Crippen LogP) is 8.07. The fraction of sp³-hybridized carbons (Fsp3) is 0.426. The number of unbranched alkanes of at least 4 members (excludes halogenated alkanes) is 2. The summed E-state index contributed by atoms with van der Waals surface area (Å²) in [5.74, 6) is 1.38. The van der Waals surface area contributed by atoms with Crippen LogP contribution in [0.1, 0.15) is 92.5 Å². The fourth-order valence-electron chi connectivity index (χ4n) is 10.6. The number of nitrogens with zero attached hydrogens (tertiary/aromatic N) is 2. The van der Waals surface area contributed by atoms with E-state index in [1.807, 2.05) is 18.2 Å². The van der Waals surface area contributed by atoms with E-state index in [1.165, 1.54) is 34.7 Å². The molecule has 5 atom stereocenters. The third-order valence-electron chi connectivity index (χ3n) is 12.8. The van der Waals surface area contributed by atoms with Crippen LogP contribution in [-0.2, 0) is 32.6 Å². The third-order valence-corrected chi connectivity index (χ3v) is 12.8. The second-order valence-corrected chi connectivity index (χ2v) is 16.0. The molecule has 1 saturated carbocycles. The van der Waals surface area contributed by atoms with E-state index in [0.717, 1.165) is 57.9 Å². The number of hydrogen-bond donors (Lipinski definition) is 0. The highest BCUT2D eigenvalue weighted by atomic mass is 16.6. The first-order valence-corrected chi connectivity index (χ1v) is 20.0. The highest BCUT2D eigenvalue weighted by Crippen LogP contribution is 2.64. The van der Waals surface area contributed by atoms with E-state index in [2.05, 4.69) is 94.7 Å². The van der Waals surface area contributed by atoms with Crippen LogP contribution in [0.2, 0.25) is 0 Å². The van der Waals surface area contributed by atoms with Gasteiger partial charge < -0.3 is 14.4 Å². The molecule has 54 heavy (non-hydrogen) atoms. The Balaban J connectivity index is 1.15. The van der Waals surface area contributed by atoms with Gasteiger partial charge in [0.15, 0.2) is 11.5 Å². The van der Waals surface area contributed by atoms with E-state index >= 15 is 0 Å². The van der Waals surface area contributed by atoms with E-state index in [1.54, 1.807) is 6.92 Å². The second-order valence-electron chi connectivity index (χ2n) is 16.0. The van der Waals surface area contributed by atoms with E-state index in [-0.39, 0.29) is 53.1 Å². The van der Waals surface area contributed by atoms with Crippen molar-refractivity contribution in [3.63, 3.8) is 0 Å². The summed E-state index contributed by atoms with van der Waals surface area (Å²) in [5.41, 5.74) is 5.74. The number of carbonyl (C=O) groups is 3. The molecule has 2 fully saturated rings. The molecule has 2 bridgehead atoms. The molecule has 0 unspecified atom stereocenters. The molecule has 2 heterocycles. The molecule has 7 nitrogen and oxygen atoms in total. The van der Waals surface area contributed by atoms with E-state index in [0.29, 0.717) is 31.0 Å². The Labute approximate surface area is 319 Å². The first kappa shape index (κ1) is 36.2. The van der Waals surface area contributed by atoms with E-state index in [9.17, 15) is 14.4 Å². The molecular formula is C47H52N2O5. The van der Waals surface area contributed by atoms with Crippen molar-refractivity contribution in [3.8, 4) is 11.5 Å². The van der Waals surface area contributed by atoms with Gasteiger partial charge in [-0.3, -0.25) is 19.3 Å². The summed E-state index contributed by atoms with van der Waals surface area (Å²) < 4.78 is 13.0. The van der Waals surface area contributed by atoms with Gasteiger partial charge >= 0.3 is 5.97 Å². The summed E-state index contributed by atoms with van der Waals surface area (Å²) in [5, 5.41) is 0. The molecule has 4 aromatic carbocycles. The molecule has 2 aliphatic carbocycles. The van der Waals surface area contributed by atoms with Crippen molar-refractivity contribution in [2.24, 2.45) is 5.92 Å². The van der Waals surface area contributed by atoms with Crippen molar-refractivity contribution in [1.82, 2.24) is 9.80 Å². The van der Waals surface area contributed by atoms with E-state index in [4.69, 9.17) is 9.47 Å². The van der Waals surface area contributed by atoms with Crippen LogP contribution in [0.5, 0.6) is 11.5 Å². The average molecular weight is 725 g/mol. The van der Waals surface area contributed by atoms with Gasteiger partial charge in [-0.25, -0.2) is 0 Å². The maximum absolute atomic E-state index is 14.9. The Morgan fingerprint density at radius 1 is 0.852 bits per heavy atom. The minimum absolute atomic E-state index is 0.0166. The maximum Gasteiger partial charge on any atom is 0.308 e. The van der Waals surface area contributed by atoms with Gasteiger partial charge in [0.2, 0.25) is 5.91 Å². The van der Waals surface area contributed by atoms with Crippen molar-refractivity contribution in [2.45, 2.75) is 101 Å². The molecule has 7 heteroatoms. The molecule has 2 aliphatic heterocycles. The highest BCUT2D eigenvalue weighted by molar-refractivity contribution is 5.78. The van der Waals surface area contributed by atoms with Gasteiger partial charge in [0, 0.05) is 42.8 Å². The van der Waals surface area contributed by atoms with Gasteiger partial charge in [-0.05, 0) is 92.7 Å². The lowest BCUT2D eigenvalue weighted by Gasteiger charge is -2.60. The van der Waals surface area contributed by atoms with Gasteiger partial charge in [0.1, 0.15) is 11.9 Å². The molecule has 0 radical (unpaired) electrons. The van der Waals surface area contributed by atoms with Crippen LogP contribution < -0.4 is 9.47 Å². The number of benzene rings is 4. The number of piperidine rings is 1. The maximum atomic E-state index is 14.9. The Bertz CT molecular complexity index is 1930.